The molecule has 2 aromatic heterocycles. The van der Waals surface area contributed by atoms with E-state index < -0.39 is 0 Å². The van der Waals surface area contributed by atoms with Gasteiger partial charge in [0.25, 0.3) is 0 Å². The predicted molar refractivity (Wildman–Crippen MR) is 160 cm³/mol. The van der Waals surface area contributed by atoms with Gasteiger partial charge in [0, 0.05) is 21.6 Å². The third-order valence-electron chi connectivity index (χ3n) is 6.37. The molecule has 0 radical (unpaired) electrons. The number of pyridine rings is 1. The van der Waals surface area contributed by atoms with Crippen molar-refractivity contribution in [3.05, 3.63) is 127 Å². The van der Waals surface area contributed by atoms with Gasteiger partial charge < -0.3 is 15.2 Å². The Morgan fingerprint density at radius 1 is 0.800 bits per heavy atom. The molecule has 2 N–H and O–H groups in total. The predicted octanol–water partition coefficient (Wildman–Crippen LogP) is 8.18. The summed E-state index contributed by atoms with van der Waals surface area (Å²) in [6.45, 7) is 2.38. The van der Waals surface area contributed by atoms with Gasteiger partial charge in [-0.15, -0.1) is 0 Å². The number of aromatic nitrogens is 3. The number of hydrogen-bond donors (Lipinski definition) is 2. The third-order valence-corrected chi connectivity index (χ3v) is 7.46. The maximum absolute atomic E-state index is 9.70. The van der Waals surface area contributed by atoms with Crippen LogP contribution in [0.25, 0.3) is 22.2 Å². The minimum Gasteiger partial charge on any atom is -0.508 e. The lowest BCUT2D eigenvalue weighted by Crippen LogP contribution is -2.00. The highest BCUT2D eigenvalue weighted by Gasteiger charge is 2.12. The Labute approximate surface area is 236 Å². The van der Waals surface area contributed by atoms with Crippen molar-refractivity contribution in [1.29, 1.82) is 0 Å². The number of aromatic hydroxyl groups is 1. The zero-order valence-corrected chi connectivity index (χ0v) is 22.6. The van der Waals surface area contributed by atoms with Gasteiger partial charge in [0.1, 0.15) is 30.3 Å². The summed E-state index contributed by atoms with van der Waals surface area (Å²) < 4.78 is 6.21. The zero-order valence-electron chi connectivity index (χ0n) is 21.8. The normalized spacial score (nSPS) is 10.9. The van der Waals surface area contributed by atoms with E-state index in [0.717, 1.165) is 37.9 Å². The molecule has 0 unspecified atom stereocenters. The van der Waals surface area contributed by atoms with E-state index in [1.807, 2.05) is 67.6 Å². The number of hydrogen-bond acceptors (Lipinski definition) is 7. The van der Waals surface area contributed by atoms with Crippen LogP contribution in [-0.2, 0) is 6.61 Å². The highest BCUT2D eigenvalue weighted by atomic mass is 32.2. The molecule has 0 aliphatic carbocycles. The first-order chi connectivity index (χ1) is 19.6. The van der Waals surface area contributed by atoms with Crippen LogP contribution in [0.15, 0.2) is 125 Å². The first-order valence-corrected chi connectivity index (χ1v) is 13.7. The van der Waals surface area contributed by atoms with Crippen molar-refractivity contribution in [2.45, 2.75) is 23.3 Å². The molecule has 0 atom stereocenters. The summed E-state index contributed by atoms with van der Waals surface area (Å²) in [6.07, 6.45) is 1.52. The number of anilines is 2. The van der Waals surface area contributed by atoms with Gasteiger partial charge >= 0.3 is 0 Å². The Morgan fingerprint density at radius 2 is 1.57 bits per heavy atom. The van der Waals surface area contributed by atoms with E-state index in [0.29, 0.717) is 18.1 Å². The van der Waals surface area contributed by atoms with Crippen LogP contribution in [0, 0.1) is 6.92 Å². The smallest absolute Gasteiger partial charge is 0.164 e. The number of nitrogens with zero attached hydrogens (tertiary/aromatic N) is 3. The van der Waals surface area contributed by atoms with Crippen LogP contribution < -0.4 is 10.1 Å². The van der Waals surface area contributed by atoms with E-state index in [2.05, 4.69) is 56.7 Å². The number of phenolic OH excluding ortho intramolecular Hbond substituents is 1. The number of benzene rings is 4. The van der Waals surface area contributed by atoms with Gasteiger partial charge in [0.05, 0.1) is 11.1 Å². The summed E-state index contributed by atoms with van der Waals surface area (Å²) in [4.78, 5) is 15.4. The molecule has 40 heavy (non-hydrogen) atoms. The van der Waals surface area contributed by atoms with Crippen LogP contribution >= 0.6 is 11.8 Å². The molecule has 0 saturated carbocycles. The van der Waals surface area contributed by atoms with Gasteiger partial charge in [-0.05, 0) is 72.1 Å². The van der Waals surface area contributed by atoms with Gasteiger partial charge in [0.15, 0.2) is 5.65 Å². The van der Waals surface area contributed by atoms with Crippen LogP contribution in [0.2, 0.25) is 0 Å². The maximum Gasteiger partial charge on any atom is 0.164 e. The molecule has 6 aromatic rings. The van der Waals surface area contributed by atoms with E-state index in [9.17, 15) is 5.11 Å². The molecule has 0 saturated heterocycles. The topological polar surface area (TPSA) is 80.2 Å². The number of aryl methyl sites for hydroxylation is 1. The Kier molecular flexibility index (Phi) is 7.28. The lowest BCUT2D eigenvalue weighted by molar-refractivity contribution is 0.306. The molecule has 6 rings (SSSR count). The molecule has 196 valence electrons. The number of fused-ring (bicyclic) bond motifs is 1. The number of phenols is 1. The van der Waals surface area contributed by atoms with Gasteiger partial charge in [0.2, 0.25) is 0 Å². The third kappa shape index (κ3) is 5.90. The zero-order chi connectivity index (χ0) is 27.3. The first-order valence-electron chi connectivity index (χ1n) is 12.8. The van der Waals surface area contributed by atoms with Crippen LogP contribution in [-0.4, -0.2) is 20.1 Å². The maximum atomic E-state index is 9.70. The van der Waals surface area contributed by atoms with Crippen molar-refractivity contribution in [2.24, 2.45) is 0 Å². The lowest BCUT2D eigenvalue weighted by atomic mass is 10.0. The van der Waals surface area contributed by atoms with Crippen molar-refractivity contribution in [1.82, 2.24) is 15.0 Å². The standard InChI is InChI=1S/C33H26N4O2S/c1-22-7-17-29-32(36-22)34-21-35-33(29)37-30-19-27(14-18-31(30)40-28-15-12-26(38)13-16-28)39-20-23-8-10-25(11-9-23)24-5-3-2-4-6-24/h2-19,21,38H,20H2,1H3,(H,34,35,36,37). The van der Waals surface area contributed by atoms with Crippen LogP contribution in [0.5, 0.6) is 11.5 Å². The van der Waals surface area contributed by atoms with Gasteiger partial charge in [-0.25, -0.2) is 15.0 Å². The monoisotopic (exact) mass is 542 g/mol. The summed E-state index contributed by atoms with van der Waals surface area (Å²) in [6, 6.07) is 35.8. The van der Waals surface area contributed by atoms with Crippen LogP contribution in [0.4, 0.5) is 11.5 Å². The summed E-state index contributed by atoms with van der Waals surface area (Å²) in [5.41, 5.74) is 5.82. The quantitative estimate of drug-likeness (QED) is 0.201. The molecular formula is C33H26N4O2S. The molecule has 0 bridgehead atoms. The Bertz CT molecular complexity index is 1760. The Balaban J connectivity index is 1.26. The fourth-order valence-corrected chi connectivity index (χ4v) is 5.16. The molecule has 4 aromatic carbocycles. The average Bonchev–Trinajstić information content (AvgIpc) is 2.99. The molecule has 0 aliphatic heterocycles. The fourth-order valence-electron chi connectivity index (χ4n) is 4.28. The molecule has 7 heteroatoms. The number of nitrogens with one attached hydrogen (secondary N) is 1. The molecule has 0 spiro atoms. The average molecular weight is 543 g/mol. The SMILES string of the molecule is Cc1ccc2c(Nc3cc(OCc4ccc(-c5ccccc5)cc4)ccc3Sc3ccc(O)cc3)ncnc2n1. The number of rotatable bonds is 8. The fraction of sp³-hybridized carbons (Fsp3) is 0.0606. The van der Waals surface area contributed by atoms with E-state index in [1.165, 1.54) is 17.5 Å². The summed E-state index contributed by atoms with van der Waals surface area (Å²) in [5.74, 6) is 1.63. The van der Waals surface area contributed by atoms with Crippen molar-refractivity contribution in [3.63, 3.8) is 0 Å². The molecule has 6 nitrogen and oxygen atoms in total. The second-order valence-corrected chi connectivity index (χ2v) is 10.4. The summed E-state index contributed by atoms with van der Waals surface area (Å²) in [5, 5.41) is 14.0. The van der Waals surface area contributed by atoms with Crippen LogP contribution in [0.1, 0.15) is 11.3 Å². The van der Waals surface area contributed by atoms with E-state index in [4.69, 9.17) is 4.74 Å². The van der Waals surface area contributed by atoms with Crippen molar-refractivity contribution < 1.29 is 9.84 Å². The molecular weight excluding hydrogens is 516 g/mol. The minimum absolute atomic E-state index is 0.235. The van der Waals surface area contributed by atoms with Crippen molar-refractivity contribution in [2.75, 3.05) is 5.32 Å². The molecule has 2 heterocycles. The second kappa shape index (κ2) is 11.5. The molecule has 0 aliphatic rings. The van der Waals surface area contributed by atoms with E-state index in [-0.39, 0.29) is 5.75 Å². The Morgan fingerprint density at radius 3 is 2.38 bits per heavy atom. The van der Waals surface area contributed by atoms with Crippen molar-refractivity contribution in [3.8, 4) is 22.6 Å². The van der Waals surface area contributed by atoms with Crippen molar-refractivity contribution >= 4 is 34.3 Å². The van der Waals surface area contributed by atoms with Gasteiger partial charge in [-0.1, -0.05) is 66.4 Å². The lowest BCUT2D eigenvalue weighted by Gasteiger charge is -2.15. The molecule has 0 fully saturated rings. The van der Waals surface area contributed by atoms with Gasteiger partial charge in [-0.2, -0.15) is 0 Å². The highest BCUT2D eigenvalue weighted by molar-refractivity contribution is 7.99. The minimum atomic E-state index is 0.235. The number of ether oxygens (including phenoxy) is 1. The van der Waals surface area contributed by atoms with E-state index >= 15 is 0 Å². The van der Waals surface area contributed by atoms with Crippen LogP contribution in [0.3, 0.4) is 0 Å². The van der Waals surface area contributed by atoms with Gasteiger partial charge in [-0.3, -0.25) is 0 Å². The van der Waals surface area contributed by atoms with E-state index in [1.54, 1.807) is 23.9 Å². The summed E-state index contributed by atoms with van der Waals surface area (Å²) >= 11 is 1.58. The highest BCUT2D eigenvalue weighted by Crippen LogP contribution is 2.38. The second-order valence-electron chi connectivity index (χ2n) is 9.28. The largest absolute Gasteiger partial charge is 0.508 e. The summed E-state index contributed by atoms with van der Waals surface area (Å²) in [7, 11) is 0. The molecule has 0 amide bonds. The first kappa shape index (κ1) is 25.4. The Hall–Kier alpha value is -4.88.